The third kappa shape index (κ3) is 4.89. The number of amides is 1. The summed E-state index contributed by atoms with van der Waals surface area (Å²) in [4.78, 5) is 11.9. The molecule has 1 fully saturated rings. The summed E-state index contributed by atoms with van der Waals surface area (Å²) in [6.07, 6.45) is 4.78. The lowest BCUT2D eigenvalue weighted by Crippen LogP contribution is -2.42. The molecule has 5 heteroatoms. The van der Waals surface area contributed by atoms with E-state index in [9.17, 15) is 9.90 Å². The van der Waals surface area contributed by atoms with Crippen LogP contribution in [0.5, 0.6) is 0 Å². The van der Waals surface area contributed by atoms with Gasteiger partial charge in [-0.05, 0) is 31.0 Å². The SMILES string of the molecule is O=C(CNC1CCCCCC1O)Nc1cccc(Br)c1. The number of aliphatic hydroxyl groups excluding tert-OH is 1. The molecule has 2 rings (SSSR count). The maximum Gasteiger partial charge on any atom is 0.238 e. The highest BCUT2D eigenvalue weighted by Crippen LogP contribution is 2.18. The molecule has 3 N–H and O–H groups in total. The molecule has 2 atom stereocenters. The highest BCUT2D eigenvalue weighted by Gasteiger charge is 2.21. The van der Waals surface area contributed by atoms with E-state index < -0.39 is 0 Å². The van der Waals surface area contributed by atoms with Gasteiger partial charge in [-0.15, -0.1) is 0 Å². The molecule has 0 bridgehead atoms. The van der Waals surface area contributed by atoms with Crippen LogP contribution in [0.1, 0.15) is 32.1 Å². The van der Waals surface area contributed by atoms with E-state index in [0.29, 0.717) is 0 Å². The molecular formula is C15H21BrN2O2. The van der Waals surface area contributed by atoms with Crippen molar-refractivity contribution < 1.29 is 9.90 Å². The molecule has 1 amide bonds. The molecule has 0 heterocycles. The second kappa shape index (κ2) is 7.76. The lowest BCUT2D eigenvalue weighted by atomic mass is 10.1. The predicted molar refractivity (Wildman–Crippen MR) is 83.7 cm³/mol. The number of carbonyl (C=O) groups excluding carboxylic acids is 1. The van der Waals surface area contributed by atoms with Crippen LogP contribution in [0, 0.1) is 0 Å². The molecule has 20 heavy (non-hydrogen) atoms. The Labute approximate surface area is 128 Å². The van der Waals surface area contributed by atoms with Crippen molar-refractivity contribution in [3.8, 4) is 0 Å². The fraction of sp³-hybridized carbons (Fsp3) is 0.533. The number of hydrogen-bond donors (Lipinski definition) is 3. The standard InChI is InChI=1S/C15H21BrN2O2/c16-11-5-4-6-12(9-11)18-15(20)10-17-13-7-2-1-3-8-14(13)19/h4-6,9,13-14,17,19H,1-3,7-8,10H2,(H,18,20). The summed E-state index contributed by atoms with van der Waals surface area (Å²) in [5, 5.41) is 16.0. The second-order valence-electron chi connectivity index (χ2n) is 5.25. The molecule has 0 aromatic heterocycles. The summed E-state index contributed by atoms with van der Waals surface area (Å²) >= 11 is 3.37. The largest absolute Gasteiger partial charge is 0.392 e. The van der Waals surface area contributed by atoms with Crippen LogP contribution < -0.4 is 10.6 Å². The summed E-state index contributed by atoms with van der Waals surface area (Å²) in [5.41, 5.74) is 0.771. The topological polar surface area (TPSA) is 61.4 Å². The molecule has 4 nitrogen and oxygen atoms in total. The predicted octanol–water partition coefficient (Wildman–Crippen LogP) is 2.67. The Bertz CT molecular complexity index is 453. The van der Waals surface area contributed by atoms with Crippen molar-refractivity contribution in [1.29, 1.82) is 0 Å². The summed E-state index contributed by atoms with van der Waals surface area (Å²) in [6.45, 7) is 0.230. The summed E-state index contributed by atoms with van der Waals surface area (Å²) in [6, 6.07) is 7.53. The number of nitrogens with one attached hydrogen (secondary N) is 2. The van der Waals surface area contributed by atoms with Crippen LogP contribution in [0.2, 0.25) is 0 Å². The Hall–Kier alpha value is -0.910. The van der Waals surface area contributed by atoms with Crippen molar-refractivity contribution in [2.24, 2.45) is 0 Å². The van der Waals surface area contributed by atoms with E-state index in [1.54, 1.807) is 0 Å². The van der Waals surface area contributed by atoms with E-state index in [-0.39, 0.29) is 24.6 Å². The minimum Gasteiger partial charge on any atom is -0.392 e. The van der Waals surface area contributed by atoms with Crippen LogP contribution in [0.3, 0.4) is 0 Å². The van der Waals surface area contributed by atoms with Gasteiger partial charge in [0.25, 0.3) is 0 Å². The molecule has 1 aliphatic carbocycles. The maximum absolute atomic E-state index is 11.9. The van der Waals surface area contributed by atoms with Gasteiger partial charge in [0.15, 0.2) is 0 Å². The number of aliphatic hydroxyl groups is 1. The zero-order chi connectivity index (χ0) is 14.4. The van der Waals surface area contributed by atoms with E-state index in [2.05, 4.69) is 26.6 Å². The quantitative estimate of drug-likeness (QED) is 0.738. The molecule has 1 aromatic carbocycles. The van der Waals surface area contributed by atoms with Gasteiger partial charge in [0, 0.05) is 16.2 Å². The van der Waals surface area contributed by atoms with Gasteiger partial charge in [-0.3, -0.25) is 4.79 Å². The van der Waals surface area contributed by atoms with Crippen LogP contribution >= 0.6 is 15.9 Å². The average Bonchev–Trinajstić information content (AvgIpc) is 2.61. The number of rotatable bonds is 4. The Balaban J connectivity index is 1.79. The van der Waals surface area contributed by atoms with E-state index in [1.807, 2.05) is 24.3 Å². The number of carbonyl (C=O) groups is 1. The molecule has 2 unspecified atom stereocenters. The normalized spacial score (nSPS) is 23.1. The maximum atomic E-state index is 11.9. The molecule has 0 spiro atoms. The number of anilines is 1. The number of halogens is 1. The van der Waals surface area contributed by atoms with Gasteiger partial charge < -0.3 is 15.7 Å². The van der Waals surface area contributed by atoms with Crippen molar-refractivity contribution in [3.05, 3.63) is 28.7 Å². The zero-order valence-electron chi connectivity index (χ0n) is 11.4. The van der Waals surface area contributed by atoms with Crippen molar-refractivity contribution in [1.82, 2.24) is 5.32 Å². The van der Waals surface area contributed by atoms with E-state index in [1.165, 1.54) is 6.42 Å². The third-order valence-corrected chi connectivity index (χ3v) is 4.11. The fourth-order valence-corrected chi connectivity index (χ4v) is 2.92. The Morgan fingerprint density at radius 1 is 1.30 bits per heavy atom. The van der Waals surface area contributed by atoms with E-state index >= 15 is 0 Å². The van der Waals surface area contributed by atoms with Crippen molar-refractivity contribution in [2.75, 3.05) is 11.9 Å². The Morgan fingerprint density at radius 2 is 2.10 bits per heavy atom. The van der Waals surface area contributed by atoms with Crippen LogP contribution in [0.4, 0.5) is 5.69 Å². The number of benzene rings is 1. The lowest BCUT2D eigenvalue weighted by Gasteiger charge is -2.21. The van der Waals surface area contributed by atoms with Crippen molar-refractivity contribution >= 4 is 27.5 Å². The first-order valence-corrected chi connectivity index (χ1v) is 7.91. The van der Waals surface area contributed by atoms with Gasteiger partial charge in [0.2, 0.25) is 5.91 Å². The Morgan fingerprint density at radius 3 is 2.90 bits per heavy atom. The first kappa shape index (κ1) is 15.5. The van der Waals surface area contributed by atoms with Gasteiger partial charge in [0.05, 0.1) is 12.6 Å². The molecular weight excluding hydrogens is 320 g/mol. The molecule has 0 saturated heterocycles. The fourth-order valence-electron chi connectivity index (χ4n) is 2.52. The highest BCUT2D eigenvalue weighted by atomic mass is 79.9. The summed E-state index contributed by atoms with van der Waals surface area (Å²) in [5.74, 6) is -0.0838. The van der Waals surface area contributed by atoms with Gasteiger partial charge in [-0.2, -0.15) is 0 Å². The van der Waals surface area contributed by atoms with Gasteiger partial charge in [-0.1, -0.05) is 41.3 Å². The van der Waals surface area contributed by atoms with E-state index in [4.69, 9.17) is 0 Å². The third-order valence-electron chi connectivity index (χ3n) is 3.61. The first-order chi connectivity index (χ1) is 9.65. The molecule has 110 valence electrons. The van der Waals surface area contributed by atoms with Gasteiger partial charge in [-0.25, -0.2) is 0 Å². The highest BCUT2D eigenvalue weighted by molar-refractivity contribution is 9.10. The van der Waals surface area contributed by atoms with Crippen LogP contribution in [-0.2, 0) is 4.79 Å². The smallest absolute Gasteiger partial charge is 0.238 e. The minimum atomic E-state index is -0.337. The van der Waals surface area contributed by atoms with E-state index in [0.717, 1.165) is 35.8 Å². The van der Waals surface area contributed by atoms with Crippen molar-refractivity contribution in [3.63, 3.8) is 0 Å². The zero-order valence-corrected chi connectivity index (χ0v) is 13.0. The molecule has 1 aliphatic rings. The Kier molecular flexibility index (Phi) is 6.01. The number of hydrogen-bond acceptors (Lipinski definition) is 3. The molecule has 1 saturated carbocycles. The monoisotopic (exact) mass is 340 g/mol. The molecule has 0 aliphatic heterocycles. The van der Waals surface area contributed by atoms with Crippen LogP contribution in [-0.4, -0.2) is 29.7 Å². The molecule has 1 aromatic rings. The summed E-state index contributed by atoms with van der Waals surface area (Å²) < 4.78 is 0.933. The van der Waals surface area contributed by atoms with Crippen LogP contribution in [0.15, 0.2) is 28.7 Å². The average molecular weight is 341 g/mol. The van der Waals surface area contributed by atoms with Gasteiger partial charge in [0.1, 0.15) is 0 Å². The first-order valence-electron chi connectivity index (χ1n) is 7.12. The van der Waals surface area contributed by atoms with Crippen molar-refractivity contribution in [2.45, 2.75) is 44.2 Å². The van der Waals surface area contributed by atoms with Crippen LogP contribution in [0.25, 0.3) is 0 Å². The molecule has 0 radical (unpaired) electrons. The van der Waals surface area contributed by atoms with Gasteiger partial charge >= 0.3 is 0 Å². The summed E-state index contributed by atoms with van der Waals surface area (Å²) in [7, 11) is 0. The second-order valence-corrected chi connectivity index (χ2v) is 6.17. The lowest BCUT2D eigenvalue weighted by molar-refractivity contribution is -0.115. The minimum absolute atomic E-state index is 0.0331.